The quantitative estimate of drug-likeness (QED) is 0.233. The van der Waals surface area contributed by atoms with Gasteiger partial charge in [0, 0.05) is 70.8 Å². The lowest BCUT2D eigenvalue weighted by atomic mass is 9.83. The number of fused-ring (bicyclic) bond motifs is 4. The molecule has 0 saturated heterocycles. The number of nitrogens with zero attached hydrogens (tertiary/aromatic N) is 2. The van der Waals surface area contributed by atoms with Gasteiger partial charge in [0.05, 0.1) is 17.6 Å². The minimum absolute atomic E-state index is 0.0337. The molecule has 3 aromatic rings. The Morgan fingerprint density at radius 3 is 2.20 bits per heavy atom. The maximum atomic E-state index is 12.6. The number of Topliss-reactive ketones (excluding diaryl/α,β-unsaturated/α-hetero) is 1. The Labute approximate surface area is 259 Å². The van der Waals surface area contributed by atoms with Crippen LogP contribution < -0.4 is 29.9 Å². The van der Waals surface area contributed by atoms with Crippen molar-refractivity contribution in [2.45, 2.75) is 73.4 Å². The molecule has 0 fully saturated rings. The van der Waals surface area contributed by atoms with Gasteiger partial charge in [0.1, 0.15) is 18.0 Å². The zero-order chi connectivity index (χ0) is 31.9. The fraction of sp³-hybridized carbons (Fsp3) is 0.342. The molecule has 0 aromatic heterocycles. The summed E-state index contributed by atoms with van der Waals surface area (Å²) in [5, 5.41) is 14.4. The summed E-state index contributed by atoms with van der Waals surface area (Å²) in [5.74, 6) is -0.131. The van der Waals surface area contributed by atoms with E-state index < -0.39 is 5.97 Å². The average Bonchev–Trinajstić information content (AvgIpc) is 2.93. The molecule has 3 aliphatic rings. The van der Waals surface area contributed by atoms with E-state index in [0.717, 1.165) is 62.8 Å². The van der Waals surface area contributed by atoms with Gasteiger partial charge in [0.2, 0.25) is 5.36 Å². The number of likely N-dealkylation sites (N-methyl/N-ethyl adjacent to an activating group) is 2. The number of anilines is 1. The van der Waals surface area contributed by atoms with Gasteiger partial charge in [-0.2, -0.15) is 0 Å². The number of carboxylic acid groups (broad SMARTS) is 1. The summed E-state index contributed by atoms with van der Waals surface area (Å²) >= 11 is 0. The molecule has 44 heavy (non-hydrogen) atoms. The average molecular weight is 589 g/mol. The third-order valence-corrected chi connectivity index (χ3v) is 9.46. The van der Waals surface area contributed by atoms with Gasteiger partial charge >= 0.3 is 0 Å². The van der Waals surface area contributed by atoms with Crippen LogP contribution >= 0.6 is 0 Å². The zero-order valence-corrected chi connectivity index (χ0v) is 27.1. The molecular weight excluding hydrogens is 548 g/mol. The Kier molecular flexibility index (Phi) is 6.76. The number of aromatic carboxylic acids is 1. The van der Waals surface area contributed by atoms with E-state index in [1.165, 1.54) is 13.0 Å². The third kappa shape index (κ3) is 4.42. The van der Waals surface area contributed by atoms with Crippen molar-refractivity contribution in [3.8, 4) is 11.5 Å². The Bertz CT molecular complexity index is 1990. The Balaban J connectivity index is 1.80. The molecule has 3 aromatic carbocycles. The predicted octanol–water partition coefficient (Wildman–Crippen LogP) is 5.33. The first kappa shape index (κ1) is 29.6. The van der Waals surface area contributed by atoms with E-state index in [-0.39, 0.29) is 22.4 Å². The standard InChI is InChI=1S/C38H40N2O4/c1-10-39-31-17-33-29(15-26(31)21(3)19-37(39,6)7)35(28-14-24(23(5)41)12-13-25(28)36(42)43)30-16-27-22(4)20-38(8,9)40(11-2)32(27)18-34(30)44-33/h12-20H,10-11H2,1-9H3. The van der Waals surface area contributed by atoms with Crippen molar-refractivity contribution in [1.29, 1.82) is 0 Å². The molecule has 6 nitrogen and oxygen atoms in total. The van der Waals surface area contributed by atoms with Crippen LogP contribution in [0, 0.1) is 0 Å². The van der Waals surface area contributed by atoms with Crippen molar-refractivity contribution >= 4 is 34.2 Å². The van der Waals surface area contributed by atoms with Crippen LogP contribution in [0.3, 0.4) is 0 Å². The molecule has 0 radical (unpaired) electrons. The lowest BCUT2D eigenvalue weighted by molar-refractivity contribution is -0.255. The van der Waals surface area contributed by atoms with Crippen LogP contribution in [-0.2, 0) is 0 Å². The van der Waals surface area contributed by atoms with E-state index in [1.807, 2.05) is 0 Å². The number of hydrogen-bond acceptors (Lipinski definition) is 5. The highest BCUT2D eigenvalue weighted by molar-refractivity contribution is 6.02. The summed E-state index contributed by atoms with van der Waals surface area (Å²) in [6.07, 6.45) is 4.55. The minimum atomic E-state index is -1.29. The first-order valence-corrected chi connectivity index (χ1v) is 15.4. The van der Waals surface area contributed by atoms with E-state index in [4.69, 9.17) is 4.74 Å². The molecule has 0 amide bonds. The second-order valence-electron chi connectivity index (χ2n) is 13.3. The second kappa shape index (κ2) is 10.0. The molecule has 0 aliphatic carbocycles. The molecule has 0 N–H and O–H groups in total. The predicted molar refractivity (Wildman–Crippen MR) is 175 cm³/mol. The van der Waals surface area contributed by atoms with Gasteiger partial charge in [0.25, 0.3) is 0 Å². The van der Waals surface area contributed by atoms with Crippen molar-refractivity contribution in [3.63, 3.8) is 0 Å². The smallest absolute Gasteiger partial charge is 0.211 e. The molecule has 0 bridgehead atoms. The number of hydrogen-bond donors (Lipinski definition) is 0. The maximum Gasteiger partial charge on any atom is 0.211 e. The first-order chi connectivity index (χ1) is 20.7. The topological polar surface area (TPSA) is 72.7 Å². The highest BCUT2D eigenvalue weighted by atomic mass is 16.5. The number of ether oxygens (including phenoxy) is 1. The summed E-state index contributed by atoms with van der Waals surface area (Å²) in [4.78, 5) is 27.5. The Morgan fingerprint density at radius 1 is 0.864 bits per heavy atom. The van der Waals surface area contributed by atoms with Crippen LogP contribution in [-0.4, -0.2) is 35.9 Å². The molecule has 0 saturated carbocycles. The lowest BCUT2D eigenvalue weighted by Crippen LogP contribution is -2.49. The van der Waals surface area contributed by atoms with Crippen LogP contribution in [0.5, 0.6) is 11.5 Å². The summed E-state index contributed by atoms with van der Waals surface area (Å²) in [5.41, 5.74) is 7.54. The number of carbonyl (C=O) groups is 2. The maximum absolute atomic E-state index is 12.6. The van der Waals surface area contributed by atoms with Gasteiger partial charge in [-0.25, -0.2) is 4.58 Å². The van der Waals surface area contributed by atoms with Crippen LogP contribution in [0.1, 0.15) is 105 Å². The summed E-state index contributed by atoms with van der Waals surface area (Å²) in [6, 6.07) is 13.2. The van der Waals surface area contributed by atoms with Crippen molar-refractivity contribution in [1.82, 2.24) is 4.58 Å². The van der Waals surface area contributed by atoms with Gasteiger partial charge in [0.15, 0.2) is 11.3 Å². The fourth-order valence-electron chi connectivity index (χ4n) is 7.63. The van der Waals surface area contributed by atoms with Crippen molar-refractivity contribution < 1.29 is 19.4 Å². The monoisotopic (exact) mass is 588 g/mol. The van der Waals surface area contributed by atoms with Crippen molar-refractivity contribution in [2.75, 3.05) is 18.0 Å². The zero-order valence-electron chi connectivity index (χ0n) is 27.1. The Morgan fingerprint density at radius 2 is 1.57 bits per heavy atom. The summed E-state index contributed by atoms with van der Waals surface area (Å²) in [7, 11) is 0. The molecular formula is C38H40N2O4. The third-order valence-electron chi connectivity index (χ3n) is 9.46. The van der Waals surface area contributed by atoms with E-state index in [0.29, 0.717) is 22.6 Å². The molecule has 6 rings (SSSR count). The van der Waals surface area contributed by atoms with Crippen LogP contribution in [0.2, 0.25) is 0 Å². The van der Waals surface area contributed by atoms with E-state index in [2.05, 4.69) is 101 Å². The second-order valence-corrected chi connectivity index (χ2v) is 13.3. The van der Waals surface area contributed by atoms with Gasteiger partial charge < -0.3 is 19.5 Å². The number of ketones is 1. The number of benzene rings is 3. The van der Waals surface area contributed by atoms with Crippen LogP contribution in [0.15, 0.2) is 54.6 Å². The van der Waals surface area contributed by atoms with Crippen molar-refractivity contribution in [3.05, 3.63) is 98.6 Å². The van der Waals surface area contributed by atoms with Gasteiger partial charge in [-0.15, -0.1) is 0 Å². The SMILES string of the molecule is CCN1c2cc3c(cc2C(C)=CC1(C)C)C(c1cc(C(C)=O)ccc1C(=O)[O-])=c1cc2c(cc1O3)=[N+](CC)C(C)(C)C=C2C. The largest absolute Gasteiger partial charge is 0.545 e. The first-order valence-electron chi connectivity index (χ1n) is 15.4. The van der Waals surface area contributed by atoms with E-state index in [1.54, 1.807) is 12.1 Å². The number of rotatable bonds is 5. The Hall–Kier alpha value is -4.45. The minimum Gasteiger partial charge on any atom is -0.545 e. The van der Waals surface area contributed by atoms with E-state index in [9.17, 15) is 14.7 Å². The summed E-state index contributed by atoms with van der Waals surface area (Å²) < 4.78 is 9.15. The lowest BCUT2D eigenvalue weighted by Gasteiger charge is -2.43. The fourth-order valence-corrected chi connectivity index (χ4v) is 7.63. The van der Waals surface area contributed by atoms with E-state index >= 15 is 0 Å². The van der Waals surface area contributed by atoms with Gasteiger partial charge in [-0.05, 0) is 89.5 Å². The normalized spacial score (nSPS) is 17.4. The highest BCUT2D eigenvalue weighted by Gasteiger charge is 2.36. The number of allylic oxidation sites excluding steroid dienone is 2. The van der Waals surface area contributed by atoms with Crippen molar-refractivity contribution in [2.24, 2.45) is 0 Å². The van der Waals surface area contributed by atoms with Crippen LogP contribution in [0.4, 0.5) is 5.69 Å². The number of carboxylic acids is 1. The highest BCUT2D eigenvalue weighted by Crippen LogP contribution is 2.46. The number of carbonyl (C=O) groups excluding carboxylic acids is 2. The van der Waals surface area contributed by atoms with Gasteiger partial charge in [-0.3, -0.25) is 4.79 Å². The summed E-state index contributed by atoms with van der Waals surface area (Å²) in [6.45, 7) is 20.5. The molecule has 226 valence electrons. The van der Waals surface area contributed by atoms with Gasteiger partial charge in [-0.1, -0.05) is 18.2 Å². The molecule has 6 heteroatoms. The van der Waals surface area contributed by atoms with Crippen LogP contribution in [0.25, 0.3) is 16.7 Å². The molecule has 0 unspecified atom stereocenters. The molecule has 0 atom stereocenters. The molecule has 3 aliphatic heterocycles. The molecule has 0 spiro atoms. The molecule has 3 heterocycles.